The third-order valence-corrected chi connectivity index (χ3v) is 3.08. The van der Waals surface area contributed by atoms with Gasteiger partial charge in [-0.05, 0) is 23.3 Å². The average Bonchev–Trinajstić information content (AvgIpc) is 2.99. The normalized spacial score (nSPS) is 10.8. The highest BCUT2D eigenvalue weighted by atomic mass is 32.1. The maximum absolute atomic E-state index is 5.47. The zero-order chi connectivity index (χ0) is 11.5. The second kappa shape index (κ2) is 4.50. The van der Waals surface area contributed by atoms with Gasteiger partial charge in [-0.3, -0.25) is 0 Å². The lowest BCUT2D eigenvalue weighted by Gasteiger charge is -1.99. The van der Waals surface area contributed by atoms with Gasteiger partial charge in [0.15, 0.2) is 0 Å². The molecule has 0 aliphatic carbocycles. The van der Waals surface area contributed by atoms with Crippen LogP contribution >= 0.6 is 11.5 Å². The van der Waals surface area contributed by atoms with Gasteiger partial charge < -0.3 is 9.73 Å². The summed E-state index contributed by atoms with van der Waals surface area (Å²) >= 11 is 1.26. The highest BCUT2D eigenvalue weighted by molar-refractivity contribution is 7.09. The van der Waals surface area contributed by atoms with Crippen molar-refractivity contribution in [1.82, 2.24) is 14.8 Å². The van der Waals surface area contributed by atoms with E-state index < -0.39 is 0 Å². The van der Waals surface area contributed by atoms with E-state index in [-0.39, 0.29) is 0 Å². The van der Waals surface area contributed by atoms with Crippen LogP contribution < -0.4 is 5.32 Å². The Kier molecular flexibility index (Phi) is 2.71. The molecule has 2 heterocycles. The number of para-hydroxylation sites is 1. The van der Waals surface area contributed by atoms with Gasteiger partial charge in [0.05, 0.1) is 6.26 Å². The van der Waals surface area contributed by atoms with Gasteiger partial charge in [-0.2, -0.15) is 0 Å². The molecule has 5 nitrogen and oxygen atoms in total. The molecule has 17 heavy (non-hydrogen) atoms. The van der Waals surface area contributed by atoms with Crippen LogP contribution in [0.3, 0.4) is 0 Å². The molecule has 1 N–H and O–H groups in total. The molecule has 0 atom stereocenters. The number of aromatic nitrogens is 3. The first-order valence-corrected chi connectivity index (χ1v) is 6.05. The summed E-state index contributed by atoms with van der Waals surface area (Å²) in [4.78, 5) is 0. The molecule has 0 saturated carbocycles. The molecule has 6 heteroatoms. The highest BCUT2D eigenvalue weighted by Crippen LogP contribution is 2.21. The molecule has 1 aromatic carbocycles. The van der Waals surface area contributed by atoms with Crippen LogP contribution in [0.25, 0.3) is 11.0 Å². The van der Waals surface area contributed by atoms with E-state index in [0.29, 0.717) is 0 Å². The van der Waals surface area contributed by atoms with Crippen molar-refractivity contribution in [2.24, 2.45) is 0 Å². The van der Waals surface area contributed by atoms with E-state index in [2.05, 4.69) is 26.2 Å². The molecule has 3 aromatic rings. The zero-order valence-electron chi connectivity index (χ0n) is 8.96. The number of nitrogens with one attached hydrogen (secondary N) is 1. The molecule has 0 unspecified atom stereocenters. The second-order valence-corrected chi connectivity index (χ2v) is 4.33. The van der Waals surface area contributed by atoms with Gasteiger partial charge >= 0.3 is 0 Å². The fourth-order valence-corrected chi connectivity index (χ4v) is 2.12. The molecule has 0 spiro atoms. The Morgan fingerprint density at radius 1 is 1.29 bits per heavy atom. The molecule has 0 aliphatic rings. The maximum Gasteiger partial charge on any atom is 0.225 e. The van der Waals surface area contributed by atoms with E-state index in [1.54, 1.807) is 0 Å². The van der Waals surface area contributed by atoms with Crippen LogP contribution in [0.2, 0.25) is 0 Å². The third kappa shape index (κ3) is 2.12. The minimum atomic E-state index is 0.748. The Balaban J connectivity index is 1.69. The molecule has 0 saturated heterocycles. The van der Waals surface area contributed by atoms with Crippen molar-refractivity contribution in [3.8, 4) is 0 Å². The molecule has 2 aromatic heterocycles. The number of benzene rings is 1. The Hall–Kier alpha value is -1.95. The largest absolute Gasteiger partial charge is 0.464 e. The summed E-state index contributed by atoms with van der Waals surface area (Å²) in [6.45, 7) is 0.792. The number of anilines is 1. The van der Waals surface area contributed by atoms with Crippen LogP contribution in [0, 0.1) is 0 Å². The van der Waals surface area contributed by atoms with Crippen molar-refractivity contribution in [2.75, 3.05) is 11.9 Å². The van der Waals surface area contributed by atoms with Gasteiger partial charge in [-0.15, -0.1) is 0 Å². The zero-order valence-corrected chi connectivity index (χ0v) is 9.78. The van der Waals surface area contributed by atoms with Crippen molar-refractivity contribution < 1.29 is 4.42 Å². The number of nitrogens with zero attached hydrogens (tertiary/aromatic N) is 3. The predicted molar refractivity (Wildman–Crippen MR) is 66.1 cm³/mol. The van der Waals surface area contributed by atoms with Gasteiger partial charge in [0, 0.05) is 23.5 Å². The summed E-state index contributed by atoms with van der Waals surface area (Å²) in [5, 5.41) is 12.4. The molecule has 3 rings (SSSR count). The summed E-state index contributed by atoms with van der Waals surface area (Å²) < 4.78 is 9.16. The van der Waals surface area contributed by atoms with Crippen LogP contribution in [0.4, 0.5) is 5.13 Å². The van der Waals surface area contributed by atoms with Crippen LogP contribution in [-0.4, -0.2) is 21.3 Å². The van der Waals surface area contributed by atoms with Gasteiger partial charge in [0.25, 0.3) is 0 Å². The first-order valence-electron chi connectivity index (χ1n) is 5.27. The first-order chi connectivity index (χ1) is 8.43. The third-order valence-electron chi connectivity index (χ3n) is 2.53. The average molecular weight is 246 g/mol. The Bertz CT molecular complexity index is 605. The van der Waals surface area contributed by atoms with Crippen LogP contribution in [0.1, 0.15) is 5.56 Å². The van der Waals surface area contributed by atoms with Crippen LogP contribution in [0.5, 0.6) is 0 Å². The van der Waals surface area contributed by atoms with Gasteiger partial charge in [0.2, 0.25) is 5.13 Å². The highest BCUT2D eigenvalue weighted by Gasteiger charge is 2.04. The van der Waals surface area contributed by atoms with Crippen molar-refractivity contribution in [1.29, 1.82) is 0 Å². The fraction of sp³-hybridized carbons (Fsp3) is 0.182. The van der Waals surface area contributed by atoms with Crippen LogP contribution in [-0.2, 0) is 6.42 Å². The Labute approximate surface area is 102 Å². The summed E-state index contributed by atoms with van der Waals surface area (Å²) in [6, 6.07) is 8.03. The van der Waals surface area contributed by atoms with Gasteiger partial charge in [0.1, 0.15) is 5.58 Å². The fourth-order valence-electron chi connectivity index (χ4n) is 1.73. The summed E-state index contributed by atoms with van der Waals surface area (Å²) in [5.41, 5.74) is 2.13. The lowest BCUT2D eigenvalue weighted by molar-refractivity contribution is 0.610. The minimum absolute atomic E-state index is 0.748. The van der Waals surface area contributed by atoms with E-state index >= 15 is 0 Å². The van der Waals surface area contributed by atoms with E-state index in [9.17, 15) is 0 Å². The standard InChI is InChI=1S/C11H10N4OS/c1-2-4-10-9(3-1)8(7-16-10)5-6-12-11-13-14-15-17-11/h1-4,7H,5-6H2,(H,12,13,15). The summed E-state index contributed by atoms with van der Waals surface area (Å²) in [6.07, 6.45) is 2.70. The molecule has 86 valence electrons. The maximum atomic E-state index is 5.47. The van der Waals surface area contributed by atoms with Gasteiger partial charge in [-0.1, -0.05) is 27.8 Å². The number of rotatable bonds is 4. The summed E-state index contributed by atoms with van der Waals surface area (Å²) in [5.74, 6) is 0. The van der Waals surface area contributed by atoms with Gasteiger partial charge in [-0.25, -0.2) is 0 Å². The number of hydrogen-bond donors (Lipinski definition) is 1. The number of hydrogen-bond acceptors (Lipinski definition) is 6. The molecular formula is C11H10N4OS. The second-order valence-electron chi connectivity index (χ2n) is 3.60. The molecule has 0 amide bonds. The predicted octanol–water partition coefficient (Wildman–Crippen LogP) is 2.33. The van der Waals surface area contributed by atoms with Crippen molar-refractivity contribution in [3.05, 3.63) is 36.1 Å². The Morgan fingerprint density at radius 3 is 3.12 bits per heavy atom. The number of fused-ring (bicyclic) bond motifs is 1. The molecular weight excluding hydrogens is 236 g/mol. The summed E-state index contributed by atoms with van der Waals surface area (Å²) in [7, 11) is 0. The molecule has 0 aliphatic heterocycles. The minimum Gasteiger partial charge on any atom is -0.464 e. The van der Waals surface area contributed by atoms with E-state index in [0.717, 1.165) is 23.7 Å². The SMILES string of the molecule is c1ccc2c(CCNc3nnns3)coc2c1. The Morgan fingerprint density at radius 2 is 2.24 bits per heavy atom. The van der Waals surface area contributed by atoms with Crippen LogP contribution in [0.15, 0.2) is 34.9 Å². The lowest BCUT2D eigenvalue weighted by atomic mass is 10.1. The molecule has 0 radical (unpaired) electrons. The molecule has 0 bridgehead atoms. The quantitative estimate of drug-likeness (QED) is 0.765. The smallest absolute Gasteiger partial charge is 0.225 e. The first kappa shape index (κ1) is 10.2. The monoisotopic (exact) mass is 246 g/mol. The van der Waals surface area contributed by atoms with Crippen molar-refractivity contribution in [3.63, 3.8) is 0 Å². The van der Waals surface area contributed by atoms with E-state index in [1.807, 2.05) is 24.5 Å². The molecule has 0 fully saturated rings. The van der Waals surface area contributed by atoms with Crippen molar-refractivity contribution in [2.45, 2.75) is 6.42 Å². The number of furan rings is 1. The van der Waals surface area contributed by atoms with Crippen molar-refractivity contribution >= 4 is 27.6 Å². The van der Waals surface area contributed by atoms with E-state index in [1.165, 1.54) is 22.5 Å². The topological polar surface area (TPSA) is 63.8 Å². The van der Waals surface area contributed by atoms with E-state index in [4.69, 9.17) is 4.42 Å². The lowest BCUT2D eigenvalue weighted by Crippen LogP contribution is -2.04.